The van der Waals surface area contributed by atoms with Gasteiger partial charge in [0.1, 0.15) is 0 Å². The van der Waals surface area contributed by atoms with Gasteiger partial charge in [-0.15, -0.1) is 0 Å². The minimum absolute atomic E-state index is 0.375. The van der Waals surface area contributed by atoms with Gasteiger partial charge in [0.2, 0.25) is 0 Å². The van der Waals surface area contributed by atoms with Crippen LogP contribution in [0.1, 0.15) is 0 Å². The largest absolute Gasteiger partial charge is 0.309 e. The van der Waals surface area contributed by atoms with Crippen molar-refractivity contribution in [2.45, 2.75) is 0 Å². The standard InChI is InChI=1S/C56H34N6O2/c63-55-44-30-27-39(54-59-52(37-14-4-1-5-15-37)58-53(60-54)38-16-6-2-7-17-38)32-45(44)46-34-50-47(43-22-10-11-24-49(43)61(50)40-20-8-3-9-21-40)33-48(46)56(64)62(55)41-28-25-35(26-29-41)42-23-12-18-36-19-13-31-57-51(36)42/h1-34H. The van der Waals surface area contributed by atoms with Gasteiger partial charge in [-0.2, -0.15) is 0 Å². The maximum absolute atomic E-state index is 15.3. The van der Waals surface area contributed by atoms with Crippen molar-refractivity contribution in [2.24, 2.45) is 0 Å². The Hall–Kier alpha value is -8.88. The molecule has 4 heterocycles. The van der Waals surface area contributed by atoms with E-state index in [1.807, 2.05) is 164 Å². The Bertz CT molecular complexity index is 3860. The van der Waals surface area contributed by atoms with E-state index in [1.165, 1.54) is 4.57 Å². The van der Waals surface area contributed by atoms with Crippen molar-refractivity contribution in [1.82, 2.24) is 29.1 Å². The van der Waals surface area contributed by atoms with E-state index >= 15 is 9.59 Å². The molecule has 64 heavy (non-hydrogen) atoms. The predicted molar refractivity (Wildman–Crippen MR) is 258 cm³/mol. The van der Waals surface area contributed by atoms with Crippen molar-refractivity contribution < 1.29 is 0 Å². The second-order valence-electron chi connectivity index (χ2n) is 15.8. The van der Waals surface area contributed by atoms with Gasteiger partial charge in [0.15, 0.2) is 17.5 Å². The SMILES string of the molecule is O=c1c2ccc(-c3nc(-c4ccccc4)nc(-c4ccccc4)n3)cc2c2cc3c(cc2c(=O)n1-c1ccc(-c2cccc4cccnc24)cc1)c1ccccc1n3-c1ccccc1. The molecule has 0 saturated carbocycles. The van der Waals surface area contributed by atoms with Crippen LogP contribution >= 0.6 is 0 Å². The number of aromatic nitrogens is 6. The van der Waals surface area contributed by atoms with Gasteiger partial charge < -0.3 is 4.57 Å². The Morgan fingerprint density at radius 3 is 1.64 bits per heavy atom. The fourth-order valence-corrected chi connectivity index (χ4v) is 9.00. The summed E-state index contributed by atoms with van der Waals surface area (Å²) < 4.78 is 3.52. The molecule has 300 valence electrons. The lowest BCUT2D eigenvalue weighted by Crippen LogP contribution is -2.28. The molecule has 0 unspecified atom stereocenters. The Balaban J connectivity index is 1.15. The molecule has 0 N–H and O–H groups in total. The number of hydrogen-bond acceptors (Lipinski definition) is 6. The van der Waals surface area contributed by atoms with Crippen LogP contribution in [-0.2, 0) is 0 Å². The van der Waals surface area contributed by atoms with Gasteiger partial charge in [0, 0.05) is 61.1 Å². The third-order valence-electron chi connectivity index (χ3n) is 12.0. The van der Waals surface area contributed by atoms with Crippen LogP contribution in [-0.4, -0.2) is 29.1 Å². The van der Waals surface area contributed by atoms with Crippen molar-refractivity contribution in [3.8, 4) is 56.7 Å². The van der Waals surface area contributed by atoms with Gasteiger partial charge >= 0.3 is 0 Å². The van der Waals surface area contributed by atoms with Crippen molar-refractivity contribution >= 4 is 54.3 Å². The monoisotopic (exact) mass is 822 g/mol. The fraction of sp³-hybridized carbons (Fsp3) is 0. The first-order chi connectivity index (χ1) is 31.6. The summed E-state index contributed by atoms with van der Waals surface area (Å²) >= 11 is 0. The molecule has 4 aromatic heterocycles. The summed E-state index contributed by atoms with van der Waals surface area (Å²) in [5, 5.41) is 4.93. The van der Waals surface area contributed by atoms with E-state index in [1.54, 1.807) is 12.3 Å². The number of nitrogens with zero attached hydrogens (tertiary/aromatic N) is 6. The van der Waals surface area contributed by atoms with Crippen molar-refractivity contribution in [3.05, 3.63) is 227 Å². The normalized spacial score (nSPS) is 11.6. The highest BCUT2D eigenvalue weighted by Gasteiger charge is 2.20. The smallest absolute Gasteiger partial charge is 0.265 e. The topological polar surface area (TPSA) is 95.6 Å². The molecule has 8 heteroatoms. The Labute approximate surface area is 365 Å². The first-order valence-electron chi connectivity index (χ1n) is 21.0. The zero-order valence-electron chi connectivity index (χ0n) is 34.1. The summed E-state index contributed by atoms with van der Waals surface area (Å²) in [5.41, 5.74) is 7.61. The molecule has 12 rings (SSSR count). The number of hydrogen-bond donors (Lipinski definition) is 0. The average Bonchev–Trinajstić information content (AvgIpc) is 3.65. The van der Waals surface area contributed by atoms with E-state index in [4.69, 9.17) is 15.0 Å². The predicted octanol–water partition coefficient (Wildman–Crippen LogP) is 12.0. The van der Waals surface area contributed by atoms with Crippen LogP contribution in [0.25, 0.3) is 111 Å². The summed E-state index contributed by atoms with van der Waals surface area (Å²) in [6, 6.07) is 65.3. The summed E-state index contributed by atoms with van der Waals surface area (Å²) in [5.74, 6) is 1.48. The Kier molecular flexibility index (Phi) is 8.62. The maximum Gasteiger partial charge on any atom is 0.265 e. The van der Waals surface area contributed by atoms with Crippen molar-refractivity contribution in [2.75, 3.05) is 0 Å². The molecule has 0 saturated heterocycles. The molecule has 0 amide bonds. The summed E-state index contributed by atoms with van der Waals surface area (Å²) in [6.07, 6.45) is 1.79. The number of fused-ring (bicyclic) bond motifs is 7. The summed E-state index contributed by atoms with van der Waals surface area (Å²) in [4.78, 5) is 50.1. The molecule has 0 aliphatic heterocycles. The summed E-state index contributed by atoms with van der Waals surface area (Å²) in [6.45, 7) is 0. The van der Waals surface area contributed by atoms with Crippen LogP contribution in [0.5, 0.6) is 0 Å². The van der Waals surface area contributed by atoms with Gasteiger partial charge in [-0.1, -0.05) is 140 Å². The van der Waals surface area contributed by atoms with Crippen molar-refractivity contribution in [3.63, 3.8) is 0 Å². The van der Waals surface area contributed by atoms with Crippen LogP contribution < -0.4 is 11.1 Å². The highest BCUT2D eigenvalue weighted by Crippen LogP contribution is 2.37. The maximum atomic E-state index is 15.3. The van der Waals surface area contributed by atoms with E-state index < -0.39 is 11.1 Å². The molecule has 0 fully saturated rings. The van der Waals surface area contributed by atoms with Gasteiger partial charge in [-0.25, -0.2) is 19.5 Å². The molecule has 0 atom stereocenters. The first kappa shape index (κ1) is 36.9. The number of rotatable bonds is 6. The Morgan fingerprint density at radius 2 is 0.922 bits per heavy atom. The molecule has 0 aliphatic carbocycles. The van der Waals surface area contributed by atoms with Gasteiger partial charge in [-0.3, -0.25) is 14.6 Å². The van der Waals surface area contributed by atoms with Gasteiger partial charge in [0.05, 0.1) is 22.2 Å². The van der Waals surface area contributed by atoms with Crippen LogP contribution in [0.2, 0.25) is 0 Å². The lowest BCUT2D eigenvalue weighted by atomic mass is 10.0. The average molecular weight is 823 g/mol. The lowest BCUT2D eigenvalue weighted by molar-refractivity contribution is 0.976. The zero-order chi connectivity index (χ0) is 42.7. The van der Waals surface area contributed by atoms with E-state index in [2.05, 4.69) is 39.9 Å². The second-order valence-corrected chi connectivity index (χ2v) is 15.8. The van der Waals surface area contributed by atoms with Gasteiger partial charge in [-0.05, 0) is 77.0 Å². The number of pyridine rings is 1. The second kappa shape index (κ2) is 14.9. The first-order valence-corrected chi connectivity index (χ1v) is 21.0. The molecule has 8 aromatic carbocycles. The molecular weight excluding hydrogens is 789 g/mol. The summed E-state index contributed by atoms with van der Waals surface area (Å²) in [7, 11) is 0. The number of para-hydroxylation sites is 3. The van der Waals surface area contributed by atoms with Crippen LogP contribution in [0.4, 0.5) is 0 Å². The third-order valence-corrected chi connectivity index (χ3v) is 12.0. The van der Waals surface area contributed by atoms with Crippen LogP contribution in [0.3, 0.4) is 0 Å². The molecule has 0 radical (unpaired) electrons. The fourth-order valence-electron chi connectivity index (χ4n) is 9.00. The lowest BCUT2D eigenvalue weighted by Gasteiger charge is -2.09. The van der Waals surface area contributed by atoms with Gasteiger partial charge in [0.25, 0.3) is 11.1 Å². The van der Waals surface area contributed by atoms with Crippen LogP contribution in [0.15, 0.2) is 216 Å². The Morgan fingerprint density at radius 1 is 0.344 bits per heavy atom. The molecule has 8 nitrogen and oxygen atoms in total. The highest BCUT2D eigenvalue weighted by atomic mass is 16.2. The van der Waals surface area contributed by atoms with E-state index in [-0.39, 0.29) is 0 Å². The molecule has 0 aliphatic rings. The van der Waals surface area contributed by atoms with E-state index in [9.17, 15) is 0 Å². The quantitative estimate of drug-likeness (QED) is 0.166. The van der Waals surface area contributed by atoms with Crippen molar-refractivity contribution in [1.29, 1.82) is 0 Å². The molecule has 12 aromatic rings. The minimum Gasteiger partial charge on any atom is -0.309 e. The number of benzene rings is 8. The molecular formula is C56H34N6O2. The van der Waals surface area contributed by atoms with Crippen LogP contribution in [0, 0.1) is 0 Å². The third kappa shape index (κ3) is 6.08. The minimum atomic E-state index is -0.437. The highest BCUT2D eigenvalue weighted by molar-refractivity contribution is 6.17. The zero-order valence-corrected chi connectivity index (χ0v) is 34.1. The molecule has 0 spiro atoms. The van der Waals surface area contributed by atoms with E-state index in [0.29, 0.717) is 50.3 Å². The molecule has 0 bridgehead atoms. The van der Waals surface area contributed by atoms with E-state index in [0.717, 1.165) is 60.6 Å².